The first-order valence-corrected chi connectivity index (χ1v) is 11.2. The molecule has 0 aliphatic heterocycles. The quantitative estimate of drug-likeness (QED) is 0.357. The van der Waals surface area contributed by atoms with Crippen LogP contribution >= 0.6 is 0 Å². The van der Waals surface area contributed by atoms with Crippen LogP contribution < -0.4 is 0 Å². The van der Waals surface area contributed by atoms with Gasteiger partial charge in [0.25, 0.3) is 0 Å². The number of benzene rings is 2. The Morgan fingerprint density at radius 2 is 1.69 bits per heavy atom. The van der Waals surface area contributed by atoms with Crippen molar-refractivity contribution >= 4 is 18.1 Å². The summed E-state index contributed by atoms with van der Waals surface area (Å²) in [6.45, 7) is 10.2. The monoisotopic (exact) mass is 428 g/mol. The highest BCUT2D eigenvalue weighted by Gasteiger charge is 2.37. The number of hydrogen-bond donors (Lipinski definition) is 0. The predicted molar refractivity (Wildman–Crippen MR) is 130 cm³/mol. The van der Waals surface area contributed by atoms with E-state index in [1.807, 2.05) is 35.3 Å². The van der Waals surface area contributed by atoms with Gasteiger partial charge in [-0.2, -0.15) is 5.10 Å². The molecule has 4 heteroatoms. The lowest BCUT2D eigenvalue weighted by Crippen LogP contribution is -2.34. The van der Waals surface area contributed by atoms with Gasteiger partial charge < -0.3 is 4.74 Å². The van der Waals surface area contributed by atoms with Crippen molar-refractivity contribution in [3.63, 3.8) is 0 Å². The second-order valence-corrected chi connectivity index (χ2v) is 10.0. The molecule has 0 amide bonds. The molecule has 4 rings (SSSR count). The molecule has 0 bridgehead atoms. The molecule has 0 radical (unpaired) electrons. The van der Waals surface area contributed by atoms with Crippen LogP contribution in [0.3, 0.4) is 0 Å². The van der Waals surface area contributed by atoms with Crippen LogP contribution in [-0.4, -0.2) is 22.9 Å². The highest BCUT2D eigenvalue weighted by Crippen LogP contribution is 2.46. The van der Waals surface area contributed by atoms with E-state index in [0.29, 0.717) is 5.56 Å². The molecular formula is C28H32N2O2. The van der Waals surface area contributed by atoms with E-state index in [2.05, 4.69) is 57.1 Å². The average Bonchev–Trinajstić information content (AvgIpc) is 3.29. The summed E-state index contributed by atoms with van der Waals surface area (Å²) in [4.78, 5) is 11.7. The maximum Gasteiger partial charge on any atom is 0.337 e. The maximum atomic E-state index is 11.7. The zero-order valence-corrected chi connectivity index (χ0v) is 19.7. The van der Waals surface area contributed by atoms with Crippen molar-refractivity contribution in [2.75, 3.05) is 7.11 Å². The summed E-state index contributed by atoms with van der Waals surface area (Å²) < 4.78 is 6.77. The number of esters is 1. The Morgan fingerprint density at radius 3 is 2.28 bits per heavy atom. The van der Waals surface area contributed by atoms with Gasteiger partial charge in [0.05, 0.1) is 19.2 Å². The van der Waals surface area contributed by atoms with Gasteiger partial charge in [-0.25, -0.2) is 4.79 Å². The highest BCUT2D eigenvalue weighted by molar-refractivity contribution is 5.89. The number of fused-ring (bicyclic) bond motifs is 1. The molecule has 1 heterocycles. The molecule has 2 aromatic carbocycles. The van der Waals surface area contributed by atoms with Crippen molar-refractivity contribution < 1.29 is 9.53 Å². The van der Waals surface area contributed by atoms with Crippen molar-refractivity contribution in [2.45, 2.75) is 57.9 Å². The summed E-state index contributed by atoms with van der Waals surface area (Å²) in [6.07, 6.45) is 10.5. The van der Waals surface area contributed by atoms with E-state index in [9.17, 15) is 4.79 Å². The molecule has 32 heavy (non-hydrogen) atoms. The van der Waals surface area contributed by atoms with E-state index < -0.39 is 0 Å². The number of nitrogens with zero attached hydrogens (tertiary/aromatic N) is 2. The number of carbonyl (C=O) groups excluding carboxylic acids is 1. The average molecular weight is 429 g/mol. The number of methoxy groups -OCH3 is 1. The zero-order valence-electron chi connectivity index (χ0n) is 19.7. The van der Waals surface area contributed by atoms with Gasteiger partial charge in [0.2, 0.25) is 0 Å². The molecule has 0 saturated carbocycles. The minimum Gasteiger partial charge on any atom is -0.465 e. The maximum absolute atomic E-state index is 11.7. The third kappa shape index (κ3) is 4.40. The Kier molecular flexibility index (Phi) is 5.81. The fraction of sp³-hybridized carbons (Fsp3) is 0.357. The number of rotatable bonds is 5. The Morgan fingerprint density at radius 1 is 1.03 bits per heavy atom. The molecule has 0 unspecified atom stereocenters. The molecular weight excluding hydrogens is 396 g/mol. The smallest absolute Gasteiger partial charge is 0.337 e. The second-order valence-electron chi connectivity index (χ2n) is 10.0. The lowest BCUT2D eigenvalue weighted by atomic mass is 9.62. The normalized spacial score (nSPS) is 16.7. The first kappa shape index (κ1) is 22.1. The van der Waals surface area contributed by atoms with Gasteiger partial charge in [-0.1, -0.05) is 64.1 Å². The van der Waals surface area contributed by atoms with E-state index in [-0.39, 0.29) is 16.8 Å². The first-order valence-electron chi connectivity index (χ1n) is 11.2. The van der Waals surface area contributed by atoms with Gasteiger partial charge in [0.15, 0.2) is 0 Å². The van der Waals surface area contributed by atoms with Crippen molar-refractivity contribution in [3.8, 4) is 0 Å². The lowest BCUT2D eigenvalue weighted by Gasteiger charge is -2.42. The van der Waals surface area contributed by atoms with Crippen molar-refractivity contribution in [3.05, 3.63) is 88.2 Å². The summed E-state index contributed by atoms with van der Waals surface area (Å²) in [5.74, 6) is -0.318. The van der Waals surface area contributed by atoms with Crippen molar-refractivity contribution in [1.82, 2.24) is 9.78 Å². The number of ether oxygens (including phenoxy) is 1. The Bertz CT molecular complexity index is 1140. The molecule has 3 aromatic rings. The first-order chi connectivity index (χ1) is 15.2. The molecule has 0 fully saturated rings. The van der Waals surface area contributed by atoms with Crippen LogP contribution in [0, 0.1) is 0 Å². The largest absolute Gasteiger partial charge is 0.465 e. The molecule has 4 nitrogen and oxygen atoms in total. The molecule has 1 aromatic heterocycles. The number of aromatic nitrogens is 2. The SMILES string of the molecule is COC(=O)c1ccc(C=Cc2cc3c(cc2Cn2cccn2)C(C)(C)CCC3(C)C)cc1. The van der Waals surface area contributed by atoms with Crippen LogP contribution in [-0.2, 0) is 22.1 Å². The minimum absolute atomic E-state index is 0.153. The molecule has 0 N–H and O–H groups in total. The molecule has 166 valence electrons. The van der Waals surface area contributed by atoms with E-state index in [1.54, 1.807) is 12.1 Å². The summed E-state index contributed by atoms with van der Waals surface area (Å²) in [5, 5.41) is 4.43. The van der Waals surface area contributed by atoms with Gasteiger partial charge in [0.1, 0.15) is 0 Å². The highest BCUT2D eigenvalue weighted by atomic mass is 16.5. The fourth-order valence-corrected chi connectivity index (χ4v) is 4.57. The van der Waals surface area contributed by atoms with Crippen LogP contribution in [0.2, 0.25) is 0 Å². The van der Waals surface area contributed by atoms with Gasteiger partial charge in [-0.15, -0.1) is 0 Å². The molecule has 0 spiro atoms. The van der Waals surface area contributed by atoms with Crippen LogP contribution in [0.5, 0.6) is 0 Å². The van der Waals surface area contributed by atoms with E-state index in [4.69, 9.17) is 4.74 Å². The zero-order chi connectivity index (χ0) is 22.9. The Hall–Kier alpha value is -3.14. The van der Waals surface area contributed by atoms with Crippen LogP contribution in [0.1, 0.15) is 78.7 Å². The lowest BCUT2D eigenvalue weighted by molar-refractivity contribution is 0.0600. The molecule has 1 aliphatic rings. The summed E-state index contributed by atoms with van der Waals surface area (Å²) in [5.41, 5.74) is 7.29. The van der Waals surface area contributed by atoms with Crippen LogP contribution in [0.4, 0.5) is 0 Å². The topological polar surface area (TPSA) is 44.1 Å². The number of hydrogen-bond acceptors (Lipinski definition) is 3. The van der Waals surface area contributed by atoms with Gasteiger partial charge in [0, 0.05) is 12.4 Å². The van der Waals surface area contributed by atoms with Crippen LogP contribution in [0.15, 0.2) is 54.9 Å². The van der Waals surface area contributed by atoms with E-state index in [0.717, 1.165) is 12.1 Å². The molecule has 0 atom stereocenters. The van der Waals surface area contributed by atoms with Gasteiger partial charge >= 0.3 is 5.97 Å². The van der Waals surface area contributed by atoms with E-state index >= 15 is 0 Å². The standard InChI is InChI=1S/C28H32N2O2/c1-27(2)13-14-28(3,4)25-18-23(19-30-16-6-15-29-30)22(17-24(25)27)12-9-20-7-10-21(11-8-20)26(31)32-5/h6-12,15-18H,13-14,19H2,1-5H3. The second kappa shape index (κ2) is 8.42. The summed E-state index contributed by atoms with van der Waals surface area (Å²) >= 11 is 0. The summed E-state index contributed by atoms with van der Waals surface area (Å²) in [7, 11) is 1.40. The molecule has 1 aliphatic carbocycles. The van der Waals surface area contributed by atoms with Crippen molar-refractivity contribution in [1.29, 1.82) is 0 Å². The Labute approximate surface area is 190 Å². The van der Waals surface area contributed by atoms with Gasteiger partial charge in [-0.3, -0.25) is 4.68 Å². The van der Waals surface area contributed by atoms with Crippen molar-refractivity contribution in [2.24, 2.45) is 0 Å². The number of carbonyl (C=O) groups is 1. The third-order valence-corrected chi connectivity index (χ3v) is 6.79. The van der Waals surface area contributed by atoms with E-state index in [1.165, 1.54) is 42.2 Å². The van der Waals surface area contributed by atoms with Gasteiger partial charge in [-0.05, 0) is 69.7 Å². The third-order valence-electron chi connectivity index (χ3n) is 6.79. The van der Waals surface area contributed by atoms with Crippen LogP contribution in [0.25, 0.3) is 12.2 Å². The summed E-state index contributed by atoms with van der Waals surface area (Å²) in [6, 6.07) is 14.2. The minimum atomic E-state index is -0.318. The fourth-order valence-electron chi connectivity index (χ4n) is 4.57. The molecule has 0 saturated heterocycles. The Balaban J connectivity index is 1.75. The predicted octanol–water partition coefficient (Wildman–Crippen LogP) is 6.24.